The molecule has 160 valence electrons. The van der Waals surface area contributed by atoms with E-state index in [1.165, 1.54) is 9.60 Å². The van der Waals surface area contributed by atoms with Gasteiger partial charge in [0.05, 0.1) is 33.3 Å². The van der Waals surface area contributed by atoms with Crippen molar-refractivity contribution in [3.05, 3.63) is 42.3 Å². The second-order valence-corrected chi connectivity index (χ2v) is 10.4. The predicted molar refractivity (Wildman–Crippen MR) is 124 cm³/mol. The molecule has 1 spiro atoms. The van der Waals surface area contributed by atoms with Gasteiger partial charge in [-0.3, -0.25) is 4.40 Å². The third-order valence-electron chi connectivity index (χ3n) is 6.80. The highest BCUT2D eigenvalue weighted by Gasteiger charge is 2.47. The van der Waals surface area contributed by atoms with Crippen LogP contribution in [0, 0.1) is 5.41 Å². The molecule has 0 saturated carbocycles. The molecule has 5 heterocycles. The molecular weight excluding hydrogens is 428 g/mol. The number of rotatable bonds is 3. The van der Waals surface area contributed by atoms with Gasteiger partial charge in [0, 0.05) is 48.0 Å². The normalized spacial score (nSPS) is 23.4. The van der Waals surface area contributed by atoms with Crippen LogP contribution in [0.25, 0.3) is 15.9 Å². The minimum atomic E-state index is 0.104. The molecule has 0 aliphatic carbocycles. The van der Waals surface area contributed by atoms with E-state index in [1.807, 2.05) is 30.2 Å². The third-order valence-corrected chi connectivity index (χ3v) is 8.88. The smallest absolute Gasteiger partial charge is 0.211 e. The average molecular weight is 453 g/mol. The first-order chi connectivity index (χ1) is 15.1. The first-order valence-electron chi connectivity index (χ1n) is 10.6. The van der Waals surface area contributed by atoms with Crippen molar-refractivity contribution < 1.29 is 4.74 Å². The summed E-state index contributed by atoms with van der Waals surface area (Å²) in [5, 5.41) is 0. The molecule has 31 heavy (non-hydrogen) atoms. The van der Waals surface area contributed by atoms with E-state index in [1.54, 1.807) is 23.1 Å². The summed E-state index contributed by atoms with van der Waals surface area (Å²) in [5.74, 6) is 0.947. The van der Waals surface area contributed by atoms with Crippen LogP contribution in [0.1, 0.15) is 19.8 Å². The number of hydrogen-bond acceptors (Lipinski definition) is 8. The average Bonchev–Trinajstić information content (AvgIpc) is 3.53. The Morgan fingerprint density at radius 1 is 1.19 bits per heavy atom. The highest BCUT2D eigenvalue weighted by molar-refractivity contribution is 8.00. The Labute approximate surface area is 188 Å². The van der Waals surface area contributed by atoms with Crippen LogP contribution in [0.3, 0.4) is 0 Å². The number of benzene rings is 1. The summed E-state index contributed by atoms with van der Waals surface area (Å²) in [6.07, 6.45) is 8.02. The third kappa shape index (κ3) is 3.14. The molecule has 2 saturated heterocycles. The highest BCUT2D eigenvalue weighted by atomic mass is 32.2. The summed E-state index contributed by atoms with van der Waals surface area (Å²) in [6, 6.07) is 6.35. The van der Waals surface area contributed by atoms with E-state index in [9.17, 15) is 0 Å². The second kappa shape index (κ2) is 7.44. The standard InChI is InChI=1S/C22H24N6OS2/c1-14-19(23)22(12-29-14)5-8-27(9-6-22)21-25-11-17(20-24-7-10-28(20)21)31-16-4-2-3-15-18(16)30-13-26-15/h2-4,7,10-11,13-14,19H,5-6,8-9,12,23H2,1H3/t14-,19+/m0/s1. The van der Waals surface area contributed by atoms with E-state index in [2.05, 4.69) is 38.3 Å². The Morgan fingerprint density at radius 3 is 2.87 bits per heavy atom. The molecule has 0 unspecified atom stereocenters. The van der Waals surface area contributed by atoms with Gasteiger partial charge in [0.1, 0.15) is 0 Å². The van der Waals surface area contributed by atoms with Gasteiger partial charge in [-0.15, -0.1) is 11.3 Å². The number of fused-ring (bicyclic) bond motifs is 2. The first kappa shape index (κ1) is 19.5. The highest BCUT2D eigenvalue weighted by Crippen LogP contribution is 2.42. The van der Waals surface area contributed by atoms with Gasteiger partial charge < -0.3 is 15.4 Å². The Morgan fingerprint density at radius 2 is 2.06 bits per heavy atom. The molecule has 3 aromatic heterocycles. The quantitative estimate of drug-likeness (QED) is 0.506. The Balaban J connectivity index is 1.29. The van der Waals surface area contributed by atoms with Crippen LogP contribution in [0.15, 0.2) is 52.1 Å². The second-order valence-electron chi connectivity index (χ2n) is 8.49. The van der Waals surface area contributed by atoms with Crippen LogP contribution in [0.5, 0.6) is 0 Å². The van der Waals surface area contributed by atoms with E-state index >= 15 is 0 Å². The van der Waals surface area contributed by atoms with Crippen LogP contribution in [-0.2, 0) is 4.74 Å². The van der Waals surface area contributed by atoms with Gasteiger partial charge in [-0.2, -0.15) is 0 Å². The van der Waals surface area contributed by atoms with Gasteiger partial charge in [-0.1, -0.05) is 17.8 Å². The van der Waals surface area contributed by atoms with E-state index in [-0.39, 0.29) is 17.6 Å². The minimum absolute atomic E-state index is 0.104. The van der Waals surface area contributed by atoms with E-state index < -0.39 is 0 Å². The lowest BCUT2D eigenvalue weighted by Gasteiger charge is -2.41. The van der Waals surface area contributed by atoms with Crippen LogP contribution >= 0.6 is 23.1 Å². The van der Waals surface area contributed by atoms with Crippen LogP contribution in [0.4, 0.5) is 5.95 Å². The lowest BCUT2D eigenvalue weighted by Crippen LogP contribution is -2.51. The maximum atomic E-state index is 6.49. The van der Waals surface area contributed by atoms with Crippen molar-refractivity contribution in [1.29, 1.82) is 0 Å². The lowest BCUT2D eigenvalue weighted by atomic mass is 9.73. The number of anilines is 1. The number of thiazole rings is 1. The molecule has 2 fully saturated rings. The van der Waals surface area contributed by atoms with Gasteiger partial charge in [0.25, 0.3) is 0 Å². The summed E-state index contributed by atoms with van der Waals surface area (Å²) in [4.78, 5) is 18.5. The number of hydrogen-bond donors (Lipinski definition) is 1. The molecule has 0 radical (unpaired) electrons. The number of aromatic nitrogens is 4. The van der Waals surface area contributed by atoms with Crippen molar-refractivity contribution >= 4 is 44.9 Å². The zero-order valence-electron chi connectivity index (χ0n) is 17.3. The molecule has 0 amide bonds. The maximum absolute atomic E-state index is 6.49. The fraction of sp³-hybridized carbons (Fsp3) is 0.409. The zero-order valence-corrected chi connectivity index (χ0v) is 18.9. The Kier molecular flexibility index (Phi) is 4.68. The van der Waals surface area contributed by atoms with E-state index in [4.69, 9.17) is 15.5 Å². The molecule has 9 heteroatoms. The molecule has 0 bridgehead atoms. The number of ether oxygens (including phenoxy) is 1. The summed E-state index contributed by atoms with van der Waals surface area (Å²) in [7, 11) is 0. The predicted octanol–water partition coefficient (Wildman–Crippen LogP) is 3.82. The summed E-state index contributed by atoms with van der Waals surface area (Å²) in [5.41, 5.74) is 10.5. The summed E-state index contributed by atoms with van der Waals surface area (Å²) in [6.45, 7) is 4.72. The van der Waals surface area contributed by atoms with Gasteiger partial charge in [-0.25, -0.2) is 15.0 Å². The largest absolute Gasteiger partial charge is 0.376 e. The lowest BCUT2D eigenvalue weighted by molar-refractivity contribution is 0.0973. The zero-order chi connectivity index (χ0) is 21.0. The van der Waals surface area contributed by atoms with Crippen molar-refractivity contribution in [3.8, 4) is 0 Å². The number of piperidine rings is 1. The maximum Gasteiger partial charge on any atom is 0.211 e. The minimum Gasteiger partial charge on any atom is -0.376 e. The van der Waals surface area contributed by atoms with Crippen molar-refractivity contribution in [2.24, 2.45) is 11.1 Å². The molecule has 2 aliphatic rings. The van der Waals surface area contributed by atoms with Gasteiger partial charge >= 0.3 is 0 Å². The molecule has 2 aliphatic heterocycles. The van der Waals surface area contributed by atoms with Crippen LogP contribution < -0.4 is 10.6 Å². The van der Waals surface area contributed by atoms with Crippen molar-refractivity contribution in [3.63, 3.8) is 0 Å². The SMILES string of the molecule is C[C@@H]1OCC2(CCN(c3ncc(Sc4cccc5ncsc45)c4nccn34)CC2)[C@@H]1N. The first-order valence-corrected chi connectivity index (χ1v) is 12.3. The number of nitrogens with two attached hydrogens (primary N) is 1. The van der Waals surface area contributed by atoms with Gasteiger partial charge in [0.2, 0.25) is 5.95 Å². The molecule has 6 rings (SSSR count). The number of nitrogens with zero attached hydrogens (tertiary/aromatic N) is 5. The van der Waals surface area contributed by atoms with Gasteiger partial charge in [-0.05, 0) is 31.9 Å². The Hall–Kier alpha value is -2.20. The van der Waals surface area contributed by atoms with Crippen LogP contribution in [-0.4, -0.2) is 51.2 Å². The topological polar surface area (TPSA) is 81.6 Å². The summed E-state index contributed by atoms with van der Waals surface area (Å²) < 4.78 is 9.19. The van der Waals surface area contributed by atoms with E-state index in [0.717, 1.165) is 54.5 Å². The molecule has 4 aromatic rings. The fourth-order valence-corrected chi connectivity index (χ4v) is 6.77. The number of imidazole rings is 1. The molecule has 7 nitrogen and oxygen atoms in total. The van der Waals surface area contributed by atoms with E-state index in [0.29, 0.717) is 0 Å². The summed E-state index contributed by atoms with van der Waals surface area (Å²) >= 11 is 3.37. The van der Waals surface area contributed by atoms with Crippen molar-refractivity contribution in [1.82, 2.24) is 19.4 Å². The van der Waals surface area contributed by atoms with Crippen LogP contribution in [0.2, 0.25) is 0 Å². The monoisotopic (exact) mass is 452 g/mol. The van der Waals surface area contributed by atoms with Crippen molar-refractivity contribution in [2.45, 2.75) is 41.7 Å². The fourth-order valence-electron chi connectivity index (χ4n) is 4.87. The van der Waals surface area contributed by atoms with Gasteiger partial charge in [0.15, 0.2) is 5.65 Å². The molecule has 2 atom stereocenters. The van der Waals surface area contributed by atoms with Crippen molar-refractivity contribution in [2.75, 3.05) is 24.6 Å². The molecule has 1 aromatic carbocycles. The Bertz CT molecular complexity index is 1250. The molecule has 2 N–H and O–H groups in total. The molecular formula is C22H24N6OS2.